The summed E-state index contributed by atoms with van der Waals surface area (Å²) in [6.45, 7) is 4.39. The second kappa shape index (κ2) is 8.14. The molecule has 1 aromatic heterocycles. The largest absolute Gasteiger partial charge is 0.339 e. The van der Waals surface area contributed by atoms with Gasteiger partial charge in [0.2, 0.25) is 0 Å². The number of aryl methyl sites for hydroxylation is 1. The van der Waals surface area contributed by atoms with Crippen molar-refractivity contribution in [3.8, 4) is 0 Å². The Hall–Kier alpha value is -2.99. The molecule has 0 saturated heterocycles. The minimum Gasteiger partial charge on any atom is -0.339 e. The fourth-order valence-corrected chi connectivity index (χ4v) is 2.78. The first-order valence-electron chi connectivity index (χ1n) is 8.40. The highest BCUT2D eigenvalue weighted by atomic mass is 35.5. The van der Waals surface area contributed by atoms with E-state index in [1.54, 1.807) is 11.0 Å². The van der Waals surface area contributed by atoms with Crippen molar-refractivity contribution in [1.82, 2.24) is 9.97 Å². The van der Waals surface area contributed by atoms with Gasteiger partial charge < -0.3 is 10.2 Å². The number of amides is 1. The minimum absolute atomic E-state index is 0.0106. The van der Waals surface area contributed by atoms with Gasteiger partial charge in [-0.2, -0.15) is 0 Å². The highest BCUT2D eigenvalue weighted by Crippen LogP contribution is 2.22. The molecule has 2 aromatic carbocycles. The fourth-order valence-electron chi connectivity index (χ4n) is 2.60. The third kappa shape index (κ3) is 4.41. The van der Waals surface area contributed by atoms with Gasteiger partial charge >= 0.3 is 0 Å². The second-order valence-corrected chi connectivity index (χ2v) is 6.34. The molecule has 0 aliphatic heterocycles. The molecule has 0 aliphatic carbocycles. The van der Waals surface area contributed by atoms with Crippen LogP contribution in [0.5, 0.6) is 0 Å². The number of hydrogen-bond acceptors (Lipinski definition) is 4. The summed E-state index contributed by atoms with van der Waals surface area (Å²) in [5.74, 6) is -0.301. The Morgan fingerprint density at radius 2 is 2.00 bits per heavy atom. The van der Waals surface area contributed by atoms with Crippen LogP contribution in [0.4, 0.5) is 21.6 Å². The summed E-state index contributed by atoms with van der Waals surface area (Å²) in [6, 6.07) is 12.0. The maximum atomic E-state index is 13.2. The van der Waals surface area contributed by atoms with Crippen LogP contribution in [-0.2, 0) is 0 Å². The summed E-state index contributed by atoms with van der Waals surface area (Å²) in [6.07, 6.45) is 2.86. The number of rotatable bonds is 5. The van der Waals surface area contributed by atoms with Crippen molar-refractivity contribution in [3.63, 3.8) is 0 Å². The van der Waals surface area contributed by atoms with Gasteiger partial charge in [-0.3, -0.25) is 4.79 Å². The average molecular weight is 385 g/mol. The molecule has 0 atom stereocenters. The summed E-state index contributed by atoms with van der Waals surface area (Å²) < 4.78 is 13.2. The number of carbonyl (C=O) groups is 1. The van der Waals surface area contributed by atoms with Gasteiger partial charge in [-0.1, -0.05) is 23.7 Å². The maximum Gasteiger partial charge on any atom is 0.278 e. The molecule has 3 rings (SSSR count). The molecule has 0 aliphatic rings. The molecule has 1 heterocycles. The van der Waals surface area contributed by atoms with E-state index in [1.165, 1.54) is 24.5 Å². The topological polar surface area (TPSA) is 58.1 Å². The third-order valence-electron chi connectivity index (χ3n) is 3.94. The number of carbonyl (C=O) groups excluding carboxylic acids is 1. The zero-order chi connectivity index (χ0) is 19.4. The lowest BCUT2D eigenvalue weighted by Gasteiger charge is -2.21. The highest BCUT2D eigenvalue weighted by Gasteiger charge is 2.18. The molecule has 0 unspecified atom stereocenters. The van der Waals surface area contributed by atoms with Crippen molar-refractivity contribution in [2.45, 2.75) is 13.8 Å². The monoisotopic (exact) mass is 384 g/mol. The highest BCUT2D eigenvalue weighted by molar-refractivity contribution is 6.31. The van der Waals surface area contributed by atoms with Crippen molar-refractivity contribution >= 4 is 34.7 Å². The smallest absolute Gasteiger partial charge is 0.278 e. The van der Waals surface area contributed by atoms with Crippen LogP contribution in [0.25, 0.3) is 0 Å². The van der Waals surface area contributed by atoms with Crippen LogP contribution in [0.1, 0.15) is 23.0 Å². The third-order valence-corrected chi connectivity index (χ3v) is 4.23. The Kier molecular flexibility index (Phi) is 5.66. The first-order valence-corrected chi connectivity index (χ1v) is 8.78. The van der Waals surface area contributed by atoms with Crippen LogP contribution < -0.4 is 10.2 Å². The lowest BCUT2D eigenvalue weighted by molar-refractivity contribution is 0.0983. The molecule has 0 fully saturated rings. The molecule has 1 amide bonds. The van der Waals surface area contributed by atoms with Gasteiger partial charge in [-0.15, -0.1) is 0 Å². The normalized spacial score (nSPS) is 10.5. The molecule has 0 spiro atoms. The number of benzene rings is 2. The predicted octanol–water partition coefficient (Wildman–Crippen LogP) is 4.99. The SMILES string of the molecule is CCN(C(=O)c1cnc(Nc2ccc(F)c(Cl)c2)cn1)c1cccc(C)c1. The average Bonchev–Trinajstić information content (AvgIpc) is 2.66. The quantitative estimate of drug-likeness (QED) is 0.673. The molecule has 0 radical (unpaired) electrons. The number of nitrogens with zero attached hydrogens (tertiary/aromatic N) is 3. The van der Waals surface area contributed by atoms with E-state index in [1.807, 2.05) is 38.1 Å². The zero-order valence-electron chi connectivity index (χ0n) is 14.9. The van der Waals surface area contributed by atoms with Gasteiger partial charge in [-0.05, 0) is 49.7 Å². The summed E-state index contributed by atoms with van der Waals surface area (Å²) in [5.41, 5.74) is 2.69. The van der Waals surface area contributed by atoms with Crippen molar-refractivity contribution in [2.24, 2.45) is 0 Å². The number of halogens is 2. The molecule has 0 bridgehead atoms. The Morgan fingerprint density at radius 3 is 2.63 bits per heavy atom. The van der Waals surface area contributed by atoms with E-state index in [9.17, 15) is 9.18 Å². The standard InChI is InChI=1S/C20H18ClFN4O/c1-3-26(15-6-4-5-13(2)9-15)20(27)18-11-24-19(12-23-18)25-14-7-8-17(22)16(21)10-14/h4-12H,3H2,1-2H3,(H,24,25). The first kappa shape index (κ1) is 18.8. The van der Waals surface area contributed by atoms with Gasteiger partial charge in [0.25, 0.3) is 5.91 Å². The molecule has 5 nitrogen and oxygen atoms in total. The van der Waals surface area contributed by atoms with E-state index in [2.05, 4.69) is 15.3 Å². The van der Waals surface area contributed by atoms with Crippen LogP contribution in [0, 0.1) is 12.7 Å². The first-order chi connectivity index (χ1) is 13.0. The van der Waals surface area contributed by atoms with Crippen LogP contribution >= 0.6 is 11.6 Å². The molecule has 138 valence electrons. The van der Waals surface area contributed by atoms with E-state index < -0.39 is 5.82 Å². The van der Waals surface area contributed by atoms with E-state index in [0.717, 1.165) is 11.3 Å². The number of nitrogens with one attached hydrogen (secondary N) is 1. The van der Waals surface area contributed by atoms with Gasteiger partial charge in [0.05, 0.1) is 17.4 Å². The van der Waals surface area contributed by atoms with E-state index in [-0.39, 0.29) is 16.6 Å². The summed E-state index contributed by atoms with van der Waals surface area (Å²) >= 11 is 5.77. The summed E-state index contributed by atoms with van der Waals surface area (Å²) in [5, 5.41) is 2.98. The lowest BCUT2D eigenvalue weighted by atomic mass is 10.2. The van der Waals surface area contributed by atoms with Crippen LogP contribution in [0.15, 0.2) is 54.9 Å². The van der Waals surface area contributed by atoms with Gasteiger partial charge in [0, 0.05) is 17.9 Å². The number of anilines is 3. The number of hydrogen-bond donors (Lipinski definition) is 1. The van der Waals surface area contributed by atoms with Crippen molar-refractivity contribution in [3.05, 3.63) is 77.0 Å². The molecule has 0 saturated carbocycles. The zero-order valence-corrected chi connectivity index (χ0v) is 15.7. The van der Waals surface area contributed by atoms with E-state index in [0.29, 0.717) is 18.1 Å². The molecular weight excluding hydrogens is 367 g/mol. The van der Waals surface area contributed by atoms with Crippen molar-refractivity contribution in [2.75, 3.05) is 16.8 Å². The van der Waals surface area contributed by atoms with Gasteiger partial charge in [0.1, 0.15) is 17.3 Å². The van der Waals surface area contributed by atoms with Crippen molar-refractivity contribution in [1.29, 1.82) is 0 Å². The van der Waals surface area contributed by atoms with Gasteiger partial charge in [0.15, 0.2) is 0 Å². The minimum atomic E-state index is -0.495. The van der Waals surface area contributed by atoms with Crippen molar-refractivity contribution < 1.29 is 9.18 Å². The maximum absolute atomic E-state index is 13.2. The van der Waals surface area contributed by atoms with Crippen LogP contribution in [-0.4, -0.2) is 22.4 Å². The Morgan fingerprint density at radius 1 is 1.19 bits per heavy atom. The molecule has 3 aromatic rings. The summed E-state index contributed by atoms with van der Waals surface area (Å²) in [7, 11) is 0. The predicted molar refractivity (Wildman–Crippen MR) is 105 cm³/mol. The summed E-state index contributed by atoms with van der Waals surface area (Å²) in [4.78, 5) is 22.9. The van der Waals surface area contributed by atoms with Crippen LogP contribution in [0.3, 0.4) is 0 Å². The Balaban J connectivity index is 1.77. The molecular formula is C20H18ClFN4O. The van der Waals surface area contributed by atoms with E-state index in [4.69, 9.17) is 11.6 Å². The Bertz CT molecular complexity index is 962. The Labute approximate surface area is 161 Å². The number of aromatic nitrogens is 2. The van der Waals surface area contributed by atoms with Gasteiger partial charge in [-0.25, -0.2) is 14.4 Å². The molecule has 7 heteroatoms. The molecule has 1 N–H and O–H groups in total. The molecule has 27 heavy (non-hydrogen) atoms. The van der Waals surface area contributed by atoms with Crippen LogP contribution in [0.2, 0.25) is 5.02 Å². The van der Waals surface area contributed by atoms with E-state index >= 15 is 0 Å². The lowest BCUT2D eigenvalue weighted by Crippen LogP contribution is -2.31. The second-order valence-electron chi connectivity index (χ2n) is 5.93. The fraction of sp³-hybridized carbons (Fsp3) is 0.150.